The van der Waals surface area contributed by atoms with Gasteiger partial charge in [0, 0.05) is 108 Å². The molecule has 17 aromatic rings. The van der Waals surface area contributed by atoms with E-state index < -0.39 is 0 Å². The molecule has 0 radical (unpaired) electrons. The fourth-order valence-corrected chi connectivity index (χ4v) is 12.2. The van der Waals surface area contributed by atoms with Crippen LogP contribution in [0.15, 0.2) is 254 Å². The van der Waals surface area contributed by atoms with Gasteiger partial charge in [0.2, 0.25) is 5.71 Å². The molecule has 11 heteroatoms. The second-order valence-corrected chi connectivity index (χ2v) is 19.9. The molecule has 0 amide bonds. The number of aromatic nitrogens is 8. The lowest BCUT2D eigenvalue weighted by molar-refractivity contribution is 0.460. The van der Waals surface area contributed by atoms with Crippen LogP contribution in [0.2, 0.25) is 5.15 Å². The molecular weight excluding hydrogens is 996 g/mol. The third-order valence-corrected chi connectivity index (χ3v) is 15.5. The molecule has 0 aliphatic rings. The molecule has 0 spiro atoms. The average molecular weight is 1040 g/mol. The number of nitrogens with zero attached hydrogens (tertiary/aromatic N) is 8. The first-order valence-corrected chi connectivity index (χ1v) is 26.4. The van der Waals surface area contributed by atoms with E-state index in [2.05, 4.69) is 244 Å². The predicted octanol–water partition coefficient (Wildman–Crippen LogP) is 17.7. The normalized spacial score (nSPS) is 11.9. The van der Waals surface area contributed by atoms with Crippen LogP contribution in [0, 0.1) is 0 Å². The van der Waals surface area contributed by atoms with Gasteiger partial charge in [-0.3, -0.25) is 0 Å². The van der Waals surface area contributed by atoms with Crippen LogP contribution in [0.1, 0.15) is 0 Å². The van der Waals surface area contributed by atoms with Crippen molar-refractivity contribution < 1.29 is 9.15 Å². The average Bonchev–Trinajstić information content (AvgIpc) is 4.25. The van der Waals surface area contributed by atoms with Crippen molar-refractivity contribution in [1.82, 2.24) is 38.2 Å². The first-order valence-electron chi connectivity index (χ1n) is 26.0. The molecule has 0 unspecified atom stereocenters. The van der Waals surface area contributed by atoms with Crippen molar-refractivity contribution in [1.29, 1.82) is 0 Å². The Balaban J connectivity index is 0.000000132. The fourth-order valence-electron chi connectivity index (χ4n) is 12.1. The van der Waals surface area contributed by atoms with E-state index in [9.17, 15) is 0 Å². The Kier molecular flexibility index (Phi) is 10.1. The molecule has 0 N–H and O–H groups in total. The van der Waals surface area contributed by atoms with E-state index in [0.717, 1.165) is 61.3 Å². The third kappa shape index (κ3) is 6.91. The van der Waals surface area contributed by atoms with Crippen molar-refractivity contribution in [2.75, 3.05) is 0 Å². The van der Waals surface area contributed by atoms with Crippen LogP contribution in [-0.2, 0) is 0 Å². The van der Waals surface area contributed by atoms with Crippen molar-refractivity contribution in [3.63, 3.8) is 0 Å². The third-order valence-electron chi connectivity index (χ3n) is 15.2. The molecule has 17 rings (SSSR count). The standard InChI is InChI=1S/C34H21ClN4O.C34H20N4O/c35-33-34(37-20-19-36-33)40-24-12-8-11-23(21-24)39-28-15-6-4-13-25(28)26-17-18-30-31(32(26)39)27-14-5-7-16-29(27)38(30)22-9-2-1-3-10-22;1-2-8-21(9-3-1)37-28-13-7-5-11-25(28)31-29(37)17-16-24-23-10-4-6-12-27(23)38(33(24)31)22-14-15-26-30(20-22)39-34-32(26)35-18-19-36-34/h1-21H;1-20H. The van der Waals surface area contributed by atoms with Gasteiger partial charge in [-0.05, 0) is 84.9 Å². The topological polar surface area (TPSA) is 93.7 Å². The maximum absolute atomic E-state index is 6.24. The summed E-state index contributed by atoms with van der Waals surface area (Å²) in [5.41, 5.74) is 15.7. The molecule has 0 saturated heterocycles. The van der Waals surface area contributed by atoms with Gasteiger partial charge in [-0.25, -0.2) is 19.9 Å². The molecule has 10 aromatic carbocycles. The Morgan fingerprint density at radius 1 is 0.342 bits per heavy atom. The quantitative estimate of drug-likeness (QED) is 0.165. The molecular formula is C68H41ClN8O2. The van der Waals surface area contributed by atoms with Crippen LogP contribution in [0.25, 0.3) is 132 Å². The van der Waals surface area contributed by atoms with Gasteiger partial charge in [-0.1, -0.05) is 139 Å². The molecule has 7 heterocycles. The molecule has 0 aliphatic heterocycles. The van der Waals surface area contributed by atoms with Crippen molar-refractivity contribution in [2.45, 2.75) is 0 Å². The van der Waals surface area contributed by atoms with Crippen molar-refractivity contribution in [3.05, 3.63) is 254 Å². The van der Waals surface area contributed by atoms with E-state index in [1.165, 1.54) is 65.2 Å². The van der Waals surface area contributed by atoms with Gasteiger partial charge in [-0.15, -0.1) is 0 Å². The van der Waals surface area contributed by atoms with Gasteiger partial charge < -0.3 is 27.4 Å². The lowest BCUT2D eigenvalue weighted by Crippen LogP contribution is -1.96. The molecule has 0 atom stereocenters. The summed E-state index contributed by atoms with van der Waals surface area (Å²) in [6.45, 7) is 0. The summed E-state index contributed by atoms with van der Waals surface area (Å²) in [4.78, 5) is 17.2. The Hall–Kier alpha value is -10.6. The molecule has 0 saturated carbocycles. The SMILES string of the molecule is Clc1nccnc1Oc1cccc(-n2c3ccccc3c3ccc4c(c5ccccc5n4-c4ccccc4)c32)c1.c1ccc(-n2c3ccccc3c3c2ccc2c4ccccc4n(-c4ccc5c(c4)oc4nccnc45)c23)cc1. The van der Waals surface area contributed by atoms with Crippen LogP contribution in [0.3, 0.4) is 0 Å². The van der Waals surface area contributed by atoms with E-state index in [4.69, 9.17) is 20.8 Å². The van der Waals surface area contributed by atoms with Gasteiger partial charge >= 0.3 is 0 Å². The molecule has 79 heavy (non-hydrogen) atoms. The minimum absolute atomic E-state index is 0.222. The molecule has 0 aliphatic carbocycles. The van der Waals surface area contributed by atoms with Gasteiger partial charge in [-0.2, -0.15) is 0 Å². The highest BCUT2D eigenvalue weighted by atomic mass is 35.5. The minimum Gasteiger partial charge on any atom is -0.436 e. The number of hydrogen-bond acceptors (Lipinski definition) is 6. The van der Waals surface area contributed by atoms with Crippen molar-refractivity contribution >= 4 is 121 Å². The molecule has 372 valence electrons. The van der Waals surface area contributed by atoms with Crippen LogP contribution >= 0.6 is 11.6 Å². The number of para-hydroxylation sites is 6. The van der Waals surface area contributed by atoms with Crippen LogP contribution < -0.4 is 4.74 Å². The zero-order chi connectivity index (χ0) is 52.1. The number of ether oxygens (including phenoxy) is 1. The van der Waals surface area contributed by atoms with Gasteiger partial charge in [0.25, 0.3) is 5.88 Å². The Morgan fingerprint density at radius 3 is 1.39 bits per heavy atom. The van der Waals surface area contributed by atoms with E-state index in [-0.39, 0.29) is 11.0 Å². The zero-order valence-electron chi connectivity index (χ0n) is 41.9. The highest BCUT2D eigenvalue weighted by Gasteiger charge is 2.23. The van der Waals surface area contributed by atoms with Gasteiger partial charge in [0.1, 0.15) is 16.8 Å². The first-order chi connectivity index (χ1) is 39.1. The first kappa shape index (κ1) is 44.7. The highest BCUT2D eigenvalue weighted by molar-refractivity contribution is 6.30. The van der Waals surface area contributed by atoms with Crippen molar-refractivity contribution in [2.24, 2.45) is 0 Å². The van der Waals surface area contributed by atoms with E-state index >= 15 is 0 Å². The minimum atomic E-state index is 0.222. The number of benzene rings is 10. The Labute approximate surface area is 454 Å². The summed E-state index contributed by atoms with van der Waals surface area (Å²) >= 11 is 6.24. The lowest BCUT2D eigenvalue weighted by atomic mass is 10.1. The summed E-state index contributed by atoms with van der Waals surface area (Å²) in [6.07, 6.45) is 6.48. The maximum Gasteiger partial charge on any atom is 0.257 e. The number of furan rings is 1. The fraction of sp³-hybridized carbons (Fsp3) is 0. The summed E-state index contributed by atoms with van der Waals surface area (Å²) in [5, 5.41) is 10.9. The second-order valence-electron chi connectivity index (χ2n) is 19.5. The number of hydrogen-bond donors (Lipinski definition) is 0. The molecule has 0 bridgehead atoms. The summed E-state index contributed by atoms with van der Waals surface area (Å²) < 4.78 is 21.6. The smallest absolute Gasteiger partial charge is 0.257 e. The van der Waals surface area contributed by atoms with Gasteiger partial charge in [0.15, 0.2) is 5.15 Å². The molecule has 7 aromatic heterocycles. The number of rotatable bonds is 6. The Morgan fingerprint density at radius 2 is 0.810 bits per heavy atom. The van der Waals surface area contributed by atoms with E-state index in [1.807, 2.05) is 18.2 Å². The largest absolute Gasteiger partial charge is 0.436 e. The van der Waals surface area contributed by atoms with Crippen molar-refractivity contribution in [3.8, 4) is 34.4 Å². The number of halogens is 1. The lowest BCUT2D eigenvalue weighted by Gasteiger charge is -2.12. The summed E-state index contributed by atoms with van der Waals surface area (Å²) in [5.74, 6) is 0.904. The Bertz CT molecular complexity index is 5270. The van der Waals surface area contributed by atoms with Crippen LogP contribution in [0.5, 0.6) is 11.6 Å². The molecule has 0 fully saturated rings. The monoisotopic (exact) mass is 1040 g/mol. The summed E-state index contributed by atoms with van der Waals surface area (Å²) in [7, 11) is 0. The number of fused-ring (bicyclic) bond motifs is 17. The maximum atomic E-state index is 6.24. The van der Waals surface area contributed by atoms with Gasteiger partial charge in [0.05, 0.1) is 44.1 Å². The van der Waals surface area contributed by atoms with E-state index in [1.54, 1.807) is 24.8 Å². The van der Waals surface area contributed by atoms with E-state index in [0.29, 0.717) is 11.5 Å². The predicted molar refractivity (Wildman–Crippen MR) is 320 cm³/mol. The molecule has 10 nitrogen and oxygen atoms in total. The highest BCUT2D eigenvalue weighted by Crippen LogP contribution is 2.45. The summed E-state index contributed by atoms with van der Waals surface area (Å²) in [6, 6.07) is 79.0. The second kappa shape index (κ2) is 17.8. The van der Waals surface area contributed by atoms with Crippen LogP contribution in [0.4, 0.5) is 0 Å². The van der Waals surface area contributed by atoms with Crippen LogP contribution in [-0.4, -0.2) is 38.2 Å². The zero-order valence-corrected chi connectivity index (χ0v) is 42.7.